The number of hydrogen-bond acceptors (Lipinski definition) is 3. The standard InChI is InChI=1S/C45H65F3N4O2/c1-5-9-13-17-21-31-35-25-26-36(49-35)32(22-18-14-10-6-2)38-28-30-40(51-38)34(24-20-16-12-8-4)42-44(54,45(46,47)48)43(53)41(52-42)33(23-19-15-11-7-3)39-29-27-37(31)50-39/h25-30,43,49-54H,5-24H2,1-4H3. The second kappa shape index (κ2) is 19.4. The number of aromatic amines is 3. The van der Waals surface area contributed by atoms with Gasteiger partial charge in [-0.3, -0.25) is 0 Å². The molecule has 0 radical (unpaired) electrons. The summed E-state index contributed by atoms with van der Waals surface area (Å²) in [5.41, 5.74) is 2.24. The largest absolute Gasteiger partial charge is 0.425 e. The number of unbranched alkanes of at least 4 members (excludes halogenated alkanes) is 12. The fraction of sp³-hybridized carbons (Fsp3) is 0.600. The fourth-order valence-corrected chi connectivity index (χ4v) is 8.28. The number of aliphatic hydroxyl groups excluding tert-OH is 1. The lowest BCUT2D eigenvalue weighted by atomic mass is 9.88. The van der Waals surface area contributed by atoms with Crippen molar-refractivity contribution in [1.82, 2.24) is 20.3 Å². The van der Waals surface area contributed by atoms with Gasteiger partial charge < -0.3 is 30.5 Å². The summed E-state index contributed by atoms with van der Waals surface area (Å²) in [4.78, 5) is 10.9. The van der Waals surface area contributed by atoms with Gasteiger partial charge in [0.25, 0.3) is 0 Å². The Morgan fingerprint density at radius 1 is 0.519 bits per heavy atom. The zero-order chi connectivity index (χ0) is 38.7. The first kappa shape index (κ1) is 41.7. The van der Waals surface area contributed by atoms with Crippen molar-refractivity contribution in [3.8, 4) is 0 Å². The monoisotopic (exact) mass is 751 g/mol. The number of nitrogens with one attached hydrogen (secondary N) is 4. The summed E-state index contributed by atoms with van der Waals surface area (Å²) in [6.45, 7) is 8.62. The zero-order valence-corrected chi connectivity index (χ0v) is 33.2. The van der Waals surface area contributed by atoms with Crippen LogP contribution in [-0.4, -0.2) is 43.0 Å². The van der Waals surface area contributed by atoms with E-state index in [1.807, 2.05) is 24.3 Å². The third-order valence-corrected chi connectivity index (χ3v) is 11.5. The molecule has 6 nitrogen and oxygen atoms in total. The van der Waals surface area contributed by atoms with E-state index in [1.165, 1.54) is 0 Å². The molecule has 3 aromatic heterocycles. The third kappa shape index (κ3) is 9.32. The van der Waals surface area contributed by atoms with Crippen molar-refractivity contribution >= 4 is 22.3 Å². The molecule has 0 amide bonds. The molecule has 1 fully saturated rings. The summed E-state index contributed by atoms with van der Waals surface area (Å²) < 4.78 is 46.2. The maximum atomic E-state index is 15.4. The summed E-state index contributed by atoms with van der Waals surface area (Å²) in [7, 11) is 0. The van der Waals surface area contributed by atoms with Crippen molar-refractivity contribution in [2.45, 2.75) is 174 Å². The van der Waals surface area contributed by atoms with Crippen molar-refractivity contribution in [2.75, 3.05) is 0 Å². The topological polar surface area (TPSA) is 99.9 Å². The van der Waals surface area contributed by atoms with Gasteiger partial charge in [0, 0.05) is 33.5 Å². The molecule has 0 aromatic carbocycles. The quantitative estimate of drug-likeness (QED) is 0.0649. The van der Waals surface area contributed by atoms with Crippen LogP contribution in [-0.2, 0) is 0 Å². The van der Waals surface area contributed by atoms with Crippen LogP contribution in [0.1, 0.15) is 179 Å². The molecular weight excluding hydrogens is 686 g/mol. The van der Waals surface area contributed by atoms with Crippen molar-refractivity contribution in [2.24, 2.45) is 0 Å². The number of hydrogen-bond donors (Lipinski definition) is 6. The molecule has 1 saturated heterocycles. The SMILES string of the molecule is CCCCCCC1=C2NC(=C(CCCCCC)c3ccc([nH]3)C(CCCCCC)=c3ccc([nH]3)=C(CCCCCC)c3ccc1[nH]3)C(O)(C(F)(F)F)C2O. The predicted molar refractivity (Wildman–Crippen MR) is 216 cm³/mol. The average Bonchev–Trinajstić information content (AvgIpc) is 3.97. The minimum Gasteiger partial charge on any atom is -0.383 e. The lowest BCUT2D eigenvalue weighted by Crippen LogP contribution is -2.53. The van der Waals surface area contributed by atoms with Crippen LogP contribution in [0, 0.1) is 0 Å². The van der Waals surface area contributed by atoms with E-state index in [4.69, 9.17) is 0 Å². The van der Waals surface area contributed by atoms with Gasteiger partial charge in [-0.2, -0.15) is 13.2 Å². The molecule has 0 saturated carbocycles. The first-order valence-corrected chi connectivity index (χ1v) is 21.1. The molecule has 9 heteroatoms. The highest BCUT2D eigenvalue weighted by Gasteiger charge is 2.66. The molecule has 2 unspecified atom stereocenters. The number of allylic oxidation sites excluding steroid dienone is 2. The molecule has 54 heavy (non-hydrogen) atoms. The van der Waals surface area contributed by atoms with Crippen LogP contribution in [0.4, 0.5) is 13.2 Å². The fourth-order valence-electron chi connectivity index (χ4n) is 8.28. The van der Waals surface area contributed by atoms with Gasteiger partial charge in [-0.05, 0) is 110 Å². The van der Waals surface area contributed by atoms with E-state index in [1.54, 1.807) is 0 Å². The molecular formula is C45H65F3N4O2. The Labute approximate surface area is 320 Å². The average molecular weight is 751 g/mol. The van der Waals surface area contributed by atoms with Gasteiger partial charge in [0.2, 0.25) is 5.60 Å². The van der Waals surface area contributed by atoms with E-state index in [2.05, 4.69) is 60.1 Å². The Morgan fingerprint density at radius 3 is 1.30 bits per heavy atom. The highest BCUT2D eigenvalue weighted by atomic mass is 19.4. The zero-order valence-electron chi connectivity index (χ0n) is 33.2. The molecule has 3 aromatic rings. The highest BCUT2D eigenvalue weighted by Crippen LogP contribution is 2.49. The van der Waals surface area contributed by atoms with E-state index < -0.39 is 17.9 Å². The molecule has 5 rings (SSSR count). The molecule has 298 valence electrons. The highest BCUT2D eigenvalue weighted by molar-refractivity contribution is 5.77. The molecule has 2 aliphatic rings. The minimum absolute atomic E-state index is 0.0227. The third-order valence-electron chi connectivity index (χ3n) is 11.5. The molecule has 0 aliphatic carbocycles. The smallest absolute Gasteiger partial charge is 0.383 e. The summed E-state index contributed by atoms with van der Waals surface area (Å²) in [6.07, 6.45) is 10.9. The Hall–Kier alpha value is -3.43. The van der Waals surface area contributed by atoms with Crippen LogP contribution in [0.2, 0.25) is 0 Å². The molecule has 6 N–H and O–H groups in total. The number of aliphatic hydroxyl groups is 2. The van der Waals surface area contributed by atoms with Gasteiger partial charge in [-0.15, -0.1) is 0 Å². The number of halogens is 3. The lowest BCUT2D eigenvalue weighted by molar-refractivity contribution is -0.262. The van der Waals surface area contributed by atoms with E-state index in [9.17, 15) is 10.2 Å². The van der Waals surface area contributed by atoms with Crippen LogP contribution < -0.4 is 16.0 Å². The van der Waals surface area contributed by atoms with E-state index in [-0.39, 0.29) is 11.4 Å². The van der Waals surface area contributed by atoms with Crippen LogP contribution in [0.25, 0.3) is 22.3 Å². The maximum Gasteiger partial charge on any atom is 0.425 e. The van der Waals surface area contributed by atoms with Gasteiger partial charge in [0.15, 0.2) is 0 Å². The Kier molecular flexibility index (Phi) is 15.0. The first-order chi connectivity index (χ1) is 26.1. The molecule has 8 bridgehead atoms. The van der Waals surface area contributed by atoms with Gasteiger partial charge in [-0.1, -0.05) is 105 Å². The molecule has 2 aliphatic heterocycles. The molecule has 0 spiro atoms. The Bertz CT molecular complexity index is 1840. The summed E-state index contributed by atoms with van der Waals surface area (Å²) in [6, 6.07) is 12.1. The normalized spacial score (nSPS) is 19.0. The van der Waals surface area contributed by atoms with Crippen LogP contribution in [0.5, 0.6) is 0 Å². The summed E-state index contributed by atoms with van der Waals surface area (Å²) in [5.74, 6) is 0. The second-order valence-electron chi connectivity index (χ2n) is 15.6. The van der Waals surface area contributed by atoms with Crippen molar-refractivity contribution in [3.05, 3.63) is 81.3 Å². The van der Waals surface area contributed by atoms with E-state index >= 15 is 13.2 Å². The van der Waals surface area contributed by atoms with Crippen molar-refractivity contribution in [1.29, 1.82) is 0 Å². The Morgan fingerprint density at radius 2 is 0.889 bits per heavy atom. The molecule has 2 atom stereocenters. The van der Waals surface area contributed by atoms with Crippen molar-refractivity contribution in [3.63, 3.8) is 0 Å². The van der Waals surface area contributed by atoms with Crippen LogP contribution in [0.15, 0.2) is 47.8 Å². The Balaban J connectivity index is 1.81. The van der Waals surface area contributed by atoms with Gasteiger partial charge in [0.05, 0.1) is 11.4 Å². The van der Waals surface area contributed by atoms with Crippen LogP contribution in [0.3, 0.4) is 0 Å². The van der Waals surface area contributed by atoms with Gasteiger partial charge in [0.1, 0.15) is 6.10 Å². The number of fused-ring (bicyclic) bond motifs is 8. The van der Waals surface area contributed by atoms with E-state index in [0.29, 0.717) is 41.8 Å². The van der Waals surface area contributed by atoms with Crippen molar-refractivity contribution < 1.29 is 23.4 Å². The summed E-state index contributed by atoms with van der Waals surface area (Å²) >= 11 is 0. The first-order valence-electron chi connectivity index (χ1n) is 21.1. The molecule has 5 heterocycles. The van der Waals surface area contributed by atoms with Crippen LogP contribution >= 0.6 is 0 Å². The number of aromatic nitrogens is 3. The lowest BCUT2D eigenvalue weighted by Gasteiger charge is -2.30. The number of rotatable bonds is 20. The predicted octanol–water partition coefficient (Wildman–Crippen LogP) is 10.6. The van der Waals surface area contributed by atoms with Gasteiger partial charge in [-0.25, -0.2) is 0 Å². The van der Waals surface area contributed by atoms with Gasteiger partial charge >= 0.3 is 6.18 Å². The summed E-state index contributed by atoms with van der Waals surface area (Å²) in [5, 5.41) is 28.9. The second-order valence-corrected chi connectivity index (χ2v) is 15.6. The maximum absolute atomic E-state index is 15.4. The number of H-pyrrole nitrogens is 3. The van der Waals surface area contributed by atoms with E-state index in [0.717, 1.165) is 142 Å². The number of alkyl halides is 3. The minimum atomic E-state index is -5.14.